The molecule has 0 saturated heterocycles. The number of methoxy groups -OCH3 is 1. The Morgan fingerprint density at radius 3 is 2.19 bits per heavy atom. The first kappa shape index (κ1) is 14.9. The van der Waals surface area contributed by atoms with Crippen molar-refractivity contribution in [2.24, 2.45) is 5.73 Å². The van der Waals surface area contributed by atoms with Crippen LogP contribution in [0.15, 0.2) is 24.3 Å². The lowest BCUT2D eigenvalue weighted by Crippen LogP contribution is -2.42. The van der Waals surface area contributed by atoms with Crippen LogP contribution in [0, 0.1) is 0 Å². The zero-order chi connectivity index (χ0) is 14.7. The van der Waals surface area contributed by atoms with Crippen LogP contribution in [0.5, 0.6) is 5.75 Å². The summed E-state index contributed by atoms with van der Waals surface area (Å²) in [7, 11) is 1.82. The molecule has 2 fully saturated rings. The molecule has 2 aliphatic carbocycles. The van der Waals surface area contributed by atoms with Gasteiger partial charge in [0.1, 0.15) is 5.75 Å². The second-order valence-corrected chi connectivity index (χ2v) is 6.55. The standard InChI is InChI=1S/C18H27NO2/c1-20-18(12-4-2-3-5-13-18)17(19)14-6-8-15(9-7-14)21-16-10-11-16/h6-9,16-17H,2-5,10-13,19H2,1H3. The van der Waals surface area contributed by atoms with Gasteiger partial charge >= 0.3 is 0 Å². The van der Waals surface area contributed by atoms with E-state index in [0.717, 1.165) is 24.2 Å². The third kappa shape index (κ3) is 3.41. The molecule has 2 aliphatic rings. The topological polar surface area (TPSA) is 44.5 Å². The summed E-state index contributed by atoms with van der Waals surface area (Å²) in [5.74, 6) is 0.959. The van der Waals surface area contributed by atoms with Crippen molar-refractivity contribution in [1.29, 1.82) is 0 Å². The van der Waals surface area contributed by atoms with Gasteiger partial charge in [-0.2, -0.15) is 0 Å². The number of hydrogen-bond acceptors (Lipinski definition) is 3. The van der Waals surface area contributed by atoms with Crippen LogP contribution in [0.3, 0.4) is 0 Å². The molecular weight excluding hydrogens is 262 g/mol. The molecule has 0 aliphatic heterocycles. The van der Waals surface area contributed by atoms with Gasteiger partial charge in [0.15, 0.2) is 0 Å². The second kappa shape index (κ2) is 6.37. The molecular formula is C18H27NO2. The summed E-state index contributed by atoms with van der Waals surface area (Å²) in [6.45, 7) is 0. The Morgan fingerprint density at radius 2 is 1.67 bits per heavy atom. The molecule has 21 heavy (non-hydrogen) atoms. The van der Waals surface area contributed by atoms with Crippen molar-refractivity contribution in [3.63, 3.8) is 0 Å². The Kier molecular flexibility index (Phi) is 4.51. The van der Waals surface area contributed by atoms with Crippen LogP contribution >= 0.6 is 0 Å². The zero-order valence-corrected chi connectivity index (χ0v) is 13.0. The van der Waals surface area contributed by atoms with Crippen molar-refractivity contribution in [2.75, 3.05) is 7.11 Å². The molecule has 3 rings (SSSR count). The fraction of sp³-hybridized carbons (Fsp3) is 0.667. The molecule has 1 aromatic rings. The first-order valence-corrected chi connectivity index (χ1v) is 8.31. The lowest BCUT2D eigenvalue weighted by Gasteiger charge is -2.37. The highest BCUT2D eigenvalue weighted by atomic mass is 16.5. The van der Waals surface area contributed by atoms with E-state index in [-0.39, 0.29) is 11.6 Å². The maximum absolute atomic E-state index is 6.58. The van der Waals surface area contributed by atoms with Crippen LogP contribution in [-0.2, 0) is 4.74 Å². The van der Waals surface area contributed by atoms with Gasteiger partial charge in [0.25, 0.3) is 0 Å². The molecule has 1 atom stereocenters. The lowest BCUT2D eigenvalue weighted by atomic mass is 9.83. The Balaban J connectivity index is 1.73. The van der Waals surface area contributed by atoms with Crippen LogP contribution in [0.1, 0.15) is 63.0 Å². The van der Waals surface area contributed by atoms with E-state index < -0.39 is 0 Å². The Hall–Kier alpha value is -1.06. The molecule has 0 aromatic heterocycles. The molecule has 3 heteroatoms. The normalized spacial score (nSPS) is 23.3. The number of hydrogen-bond donors (Lipinski definition) is 1. The summed E-state index contributed by atoms with van der Waals surface area (Å²) >= 11 is 0. The van der Waals surface area contributed by atoms with E-state index in [9.17, 15) is 0 Å². The van der Waals surface area contributed by atoms with Crippen molar-refractivity contribution < 1.29 is 9.47 Å². The Morgan fingerprint density at radius 1 is 1.05 bits per heavy atom. The molecule has 3 nitrogen and oxygen atoms in total. The minimum Gasteiger partial charge on any atom is -0.490 e. The Labute approximate surface area is 127 Å². The van der Waals surface area contributed by atoms with Gasteiger partial charge < -0.3 is 15.2 Å². The average Bonchev–Trinajstić information content (AvgIpc) is 3.34. The summed E-state index contributed by atoms with van der Waals surface area (Å²) < 4.78 is 11.7. The van der Waals surface area contributed by atoms with Crippen LogP contribution < -0.4 is 10.5 Å². The van der Waals surface area contributed by atoms with Gasteiger partial charge in [-0.15, -0.1) is 0 Å². The molecule has 2 saturated carbocycles. The quantitative estimate of drug-likeness (QED) is 0.834. The van der Waals surface area contributed by atoms with Gasteiger partial charge in [-0.05, 0) is 43.4 Å². The van der Waals surface area contributed by atoms with Gasteiger partial charge in [0, 0.05) is 7.11 Å². The number of rotatable bonds is 5. The largest absolute Gasteiger partial charge is 0.490 e. The minimum atomic E-state index is -0.199. The van der Waals surface area contributed by atoms with E-state index in [4.69, 9.17) is 15.2 Å². The average molecular weight is 289 g/mol. The fourth-order valence-electron chi connectivity index (χ4n) is 3.40. The molecule has 0 heterocycles. The fourth-order valence-corrected chi connectivity index (χ4v) is 3.40. The van der Waals surface area contributed by atoms with E-state index in [1.54, 1.807) is 0 Å². The lowest BCUT2D eigenvalue weighted by molar-refractivity contribution is -0.0442. The number of ether oxygens (including phenoxy) is 2. The van der Waals surface area contributed by atoms with Gasteiger partial charge in [-0.3, -0.25) is 0 Å². The molecule has 0 radical (unpaired) electrons. The van der Waals surface area contributed by atoms with Gasteiger partial charge in [0.2, 0.25) is 0 Å². The molecule has 0 amide bonds. The highest BCUT2D eigenvalue weighted by Gasteiger charge is 2.38. The maximum Gasteiger partial charge on any atom is 0.119 e. The van der Waals surface area contributed by atoms with Crippen molar-refractivity contribution in [3.8, 4) is 5.75 Å². The first-order valence-electron chi connectivity index (χ1n) is 8.31. The summed E-state index contributed by atoms with van der Waals surface area (Å²) in [5.41, 5.74) is 7.54. The van der Waals surface area contributed by atoms with Gasteiger partial charge in [-0.25, -0.2) is 0 Å². The van der Waals surface area contributed by atoms with Crippen molar-refractivity contribution in [1.82, 2.24) is 0 Å². The highest BCUT2D eigenvalue weighted by molar-refractivity contribution is 5.31. The first-order chi connectivity index (χ1) is 10.2. The van der Waals surface area contributed by atoms with E-state index in [0.29, 0.717) is 6.10 Å². The minimum absolute atomic E-state index is 0.0597. The molecule has 116 valence electrons. The number of benzene rings is 1. The molecule has 0 spiro atoms. The van der Waals surface area contributed by atoms with Crippen LogP contribution in [-0.4, -0.2) is 18.8 Å². The molecule has 0 bridgehead atoms. The van der Waals surface area contributed by atoms with Crippen molar-refractivity contribution in [3.05, 3.63) is 29.8 Å². The molecule has 1 unspecified atom stereocenters. The van der Waals surface area contributed by atoms with Crippen LogP contribution in [0.4, 0.5) is 0 Å². The van der Waals surface area contributed by atoms with Crippen molar-refractivity contribution in [2.45, 2.75) is 69.1 Å². The van der Waals surface area contributed by atoms with Gasteiger partial charge in [0.05, 0.1) is 17.7 Å². The van der Waals surface area contributed by atoms with E-state index >= 15 is 0 Å². The smallest absolute Gasteiger partial charge is 0.119 e. The number of nitrogens with two attached hydrogens (primary N) is 1. The van der Waals surface area contributed by atoms with Crippen LogP contribution in [0.2, 0.25) is 0 Å². The summed E-state index contributed by atoms with van der Waals surface area (Å²) in [5, 5.41) is 0. The summed E-state index contributed by atoms with van der Waals surface area (Å²) in [6.07, 6.45) is 9.96. The predicted octanol–water partition coefficient (Wildman–Crippen LogP) is 3.97. The van der Waals surface area contributed by atoms with Gasteiger partial charge in [-0.1, -0.05) is 37.8 Å². The SMILES string of the molecule is COC1(C(N)c2ccc(OC3CC3)cc2)CCCCCC1. The predicted molar refractivity (Wildman–Crippen MR) is 84.5 cm³/mol. The van der Waals surface area contributed by atoms with E-state index in [1.807, 2.05) is 19.2 Å². The summed E-state index contributed by atoms with van der Waals surface area (Å²) in [4.78, 5) is 0. The van der Waals surface area contributed by atoms with E-state index in [2.05, 4.69) is 12.1 Å². The second-order valence-electron chi connectivity index (χ2n) is 6.55. The Bertz CT molecular complexity index is 445. The van der Waals surface area contributed by atoms with E-state index in [1.165, 1.54) is 38.5 Å². The van der Waals surface area contributed by atoms with Crippen molar-refractivity contribution >= 4 is 0 Å². The highest BCUT2D eigenvalue weighted by Crippen LogP contribution is 2.39. The zero-order valence-electron chi connectivity index (χ0n) is 13.0. The molecule has 1 aromatic carbocycles. The third-order valence-corrected chi connectivity index (χ3v) is 4.99. The molecule has 2 N–H and O–H groups in total. The monoisotopic (exact) mass is 289 g/mol. The maximum atomic E-state index is 6.58. The van der Waals surface area contributed by atoms with Crippen LogP contribution in [0.25, 0.3) is 0 Å². The third-order valence-electron chi connectivity index (χ3n) is 4.99. The summed E-state index contributed by atoms with van der Waals surface area (Å²) in [6, 6.07) is 8.25.